The summed E-state index contributed by atoms with van der Waals surface area (Å²) in [7, 11) is 0. The number of rotatable bonds is 4. The zero-order valence-electron chi connectivity index (χ0n) is 10.7. The van der Waals surface area contributed by atoms with Crippen molar-refractivity contribution in [1.82, 2.24) is 15.2 Å². The molecule has 1 atom stereocenters. The number of benzene rings is 1. The Balaban J connectivity index is 2.20. The first-order valence-electron chi connectivity index (χ1n) is 5.99. The molecule has 0 bridgehead atoms. The minimum atomic E-state index is -0.262. The number of H-pyrrole nitrogens is 1. The fourth-order valence-electron chi connectivity index (χ4n) is 1.97. The summed E-state index contributed by atoms with van der Waals surface area (Å²) >= 11 is 5.87. The van der Waals surface area contributed by atoms with Crippen molar-refractivity contribution in [3.8, 4) is 0 Å². The minimum absolute atomic E-state index is 0.117. The molecule has 0 fully saturated rings. The van der Waals surface area contributed by atoms with E-state index in [9.17, 15) is 4.79 Å². The third-order valence-corrected chi connectivity index (χ3v) is 3.09. The average Bonchev–Trinajstić information content (AvgIpc) is 2.84. The quantitative estimate of drug-likeness (QED) is 0.903. The van der Waals surface area contributed by atoms with Crippen LogP contribution in [0.25, 0.3) is 0 Å². The minimum Gasteiger partial charge on any atom is -0.294 e. The predicted octanol–water partition coefficient (Wildman–Crippen LogP) is 2.84. The van der Waals surface area contributed by atoms with Gasteiger partial charge in [-0.15, -0.1) is 0 Å². The highest BCUT2D eigenvalue weighted by Gasteiger charge is 2.24. The Morgan fingerprint density at radius 2 is 2.00 bits per heavy atom. The van der Waals surface area contributed by atoms with Gasteiger partial charge in [0.05, 0.1) is 5.92 Å². The second-order valence-corrected chi connectivity index (χ2v) is 5.03. The summed E-state index contributed by atoms with van der Waals surface area (Å²) in [6.07, 6.45) is 1.35. The van der Waals surface area contributed by atoms with Crippen LogP contribution < -0.4 is 5.32 Å². The molecule has 0 saturated heterocycles. The van der Waals surface area contributed by atoms with E-state index in [0.717, 1.165) is 5.56 Å². The summed E-state index contributed by atoms with van der Waals surface area (Å²) in [4.78, 5) is 16.2. The largest absolute Gasteiger partial charge is 0.294 e. The van der Waals surface area contributed by atoms with E-state index in [1.54, 1.807) is 12.1 Å². The maximum absolute atomic E-state index is 12.3. The maximum Gasteiger partial charge on any atom is 0.234 e. The summed E-state index contributed by atoms with van der Waals surface area (Å²) in [5.74, 6) is 0.130. The molecule has 0 aliphatic heterocycles. The molecule has 1 aromatic heterocycles. The summed E-state index contributed by atoms with van der Waals surface area (Å²) in [5.41, 5.74) is 0.927. The molecule has 19 heavy (non-hydrogen) atoms. The van der Waals surface area contributed by atoms with Gasteiger partial charge in [0, 0.05) is 5.02 Å². The fourth-order valence-corrected chi connectivity index (χ4v) is 2.10. The number of carbonyl (C=O) groups excluding carboxylic acids is 1. The van der Waals surface area contributed by atoms with Crippen LogP contribution in [0.1, 0.15) is 25.3 Å². The second-order valence-electron chi connectivity index (χ2n) is 4.60. The van der Waals surface area contributed by atoms with E-state index >= 15 is 0 Å². The van der Waals surface area contributed by atoms with Gasteiger partial charge in [-0.2, -0.15) is 10.1 Å². The highest BCUT2D eigenvalue weighted by molar-refractivity contribution is 6.30. The first kappa shape index (κ1) is 13.5. The molecule has 5 nitrogen and oxygen atoms in total. The topological polar surface area (TPSA) is 70.7 Å². The zero-order valence-corrected chi connectivity index (χ0v) is 11.5. The summed E-state index contributed by atoms with van der Waals surface area (Å²) in [6, 6.07) is 7.31. The van der Waals surface area contributed by atoms with E-state index < -0.39 is 0 Å². The Hall–Kier alpha value is -1.88. The Morgan fingerprint density at radius 3 is 2.53 bits per heavy atom. The number of amides is 1. The number of anilines is 1. The van der Waals surface area contributed by atoms with Crippen molar-refractivity contribution < 1.29 is 4.79 Å². The predicted molar refractivity (Wildman–Crippen MR) is 74.0 cm³/mol. The van der Waals surface area contributed by atoms with Crippen molar-refractivity contribution in [3.63, 3.8) is 0 Å². The van der Waals surface area contributed by atoms with Crippen molar-refractivity contribution in [2.75, 3.05) is 5.32 Å². The van der Waals surface area contributed by atoms with Crippen LogP contribution in [0.3, 0.4) is 0 Å². The zero-order chi connectivity index (χ0) is 13.8. The first-order valence-corrected chi connectivity index (χ1v) is 6.37. The van der Waals surface area contributed by atoms with Crippen LogP contribution in [0.4, 0.5) is 5.95 Å². The molecule has 0 saturated carbocycles. The molecule has 1 heterocycles. The number of hydrogen-bond acceptors (Lipinski definition) is 3. The molecule has 2 rings (SSSR count). The van der Waals surface area contributed by atoms with E-state index in [1.807, 2.05) is 26.0 Å². The number of halogens is 1. The molecule has 100 valence electrons. The summed E-state index contributed by atoms with van der Waals surface area (Å²) < 4.78 is 0. The number of hydrogen-bond donors (Lipinski definition) is 2. The molecule has 2 N–H and O–H groups in total. The Bertz CT molecular complexity index is 536. The van der Waals surface area contributed by atoms with E-state index in [2.05, 4.69) is 20.5 Å². The van der Waals surface area contributed by atoms with Crippen LogP contribution in [0.2, 0.25) is 5.02 Å². The number of aromatic amines is 1. The van der Waals surface area contributed by atoms with Crippen LogP contribution in [0.5, 0.6) is 0 Å². The Labute approximate surface area is 116 Å². The van der Waals surface area contributed by atoms with Crippen LogP contribution >= 0.6 is 11.6 Å². The Kier molecular flexibility index (Phi) is 4.16. The van der Waals surface area contributed by atoms with Gasteiger partial charge < -0.3 is 0 Å². The number of carbonyl (C=O) groups is 1. The third-order valence-electron chi connectivity index (χ3n) is 2.83. The highest BCUT2D eigenvalue weighted by Crippen LogP contribution is 2.26. The van der Waals surface area contributed by atoms with Gasteiger partial charge in [0.1, 0.15) is 6.33 Å². The lowest BCUT2D eigenvalue weighted by Gasteiger charge is -2.20. The number of nitrogens with zero attached hydrogens (tertiary/aromatic N) is 2. The van der Waals surface area contributed by atoms with Gasteiger partial charge >= 0.3 is 0 Å². The third kappa shape index (κ3) is 3.32. The molecule has 1 aromatic carbocycles. The lowest BCUT2D eigenvalue weighted by Crippen LogP contribution is -2.25. The van der Waals surface area contributed by atoms with Gasteiger partial charge in [-0.05, 0) is 23.6 Å². The van der Waals surface area contributed by atoms with Gasteiger partial charge in [-0.3, -0.25) is 10.1 Å². The van der Waals surface area contributed by atoms with Crippen molar-refractivity contribution in [2.45, 2.75) is 19.8 Å². The summed E-state index contributed by atoms with van der Waals surface area (Å²) in [5, 5.41) is 9.67. The SMILES string of the molecule is CC(C)[C@@H](C(=O)Nc1ncn[nH]1)c1ccc(Cl)cc1. The van der Waals surface area contributed by atoms with Gasteiger partial charge in [0.25, 0.3) is 0 Å². The van der Waals surface area contributed by atoms with Crippen LogP contribution in [-0.2, 0) is 4.79 Å². The maximum atomic E-state index is 12.3. The standard InChI is InChI=1S/C13H15ClN4O/c1-8(2)11(9-3-5-10(14)6-4-9)12(19)17-13-15-7-16-18-13/h3-8,11H,1-2H3,(H2,15,16,17,18,19)/t11-/m1/s1. The lowest BCUT2D eigenvalue weighted by molar-refractivity contribution is -0.118. The van der Waals surface area contributed by atoms with E-state index in [0.29, 0.717) is 11.0 Å². The number of aromatic nitrogens is 3. The molecule has 0 spiro atoms. The molecule has 0 unspecified atom stereocenters. The molecular formula is C13H15ClN4O. The van der Waals surface area contributed by atoms with Crippen molar-refractivity contribution in [3.05, 3.63) is 41.2 Å². The van der Waals surface area contributed by atoms with Gasteiger partial charge in [0.15, 0.2) is 0 Å². The van der Waals surface area contributed by atoms with Crippen molar-refractivity contribution in [1.29, 1.82) is 0 Å². The van der Waals surface area contributed by atoms with Gasteiger partial charge in [-0.1, -0.05) is 37.6 Å². The molecule has 0 aliphatic carbocycles. The smallest absolute Gasteiger partial charge is 0.234 e. The van der Waals surface area contributed by atoms with Crippen molar-refractivity contribution >= 4 is 23.5 Å². The molecule has 0 radical (unpaired) electrons. The Morgan fingerprint density at radius 1 is 1.32 bits per heavy atom. The van der Waals surface area contributed by atoms with E-state index in [-0.39, 0.29) is 17.7 Å². The van der Waals surface area contributed by atoms with Gasteiger partial charge in [0.2, 0.25) is 11.9 Å². The molecule has 6 heteroatoms. The lowest BCUT2D eigenvalue weighted by atomic mass is 9.88. The normalized spacial score (nSPS) is 12.4. The monoisotopic (exact) mass is 278 g/mol. The fraction of sp³-hybridized carbons (Fsp3) is 0.308. The van der Waals surface area contributed by atoms with Crippen LogP contribution in [0.15, 0.2) is 30.6 Å². The molecule has 0 aliphatic rings. The summed E-state index contributed by atoms with van der Waals surface area (Å²) in [6.45, 7) is 4.00. The molecule has 2 aromatic rings. The molecule has 1 amide bonds. The average molecular weight is 279 g/mol. The van der Waals surface area contributed by atoms with E-state index in [4.69, 9.17) is 11.6 Å². The highest BCUT2D eigenvalue weighted by atomic mass is 35.5. The van der Waals surface area contributed by atoms with Crippen molar-refractivity contribution in [2.24, 2.45) is 5.92 Å². The van der Waals surface area contributed by atoms with Crippen LogP contribution in [-0.4, -0.2) is 21.1 Å². The van der Waals surface area contributed by atoms with Crippen LogP contribution in [0, 0.1) is 5.92 Å². The second kappa shape index (κ2) is 5.84. The number of nitrogens with one attached hydrogen (secondary N) is 2. The van der Waals surface area contributed by atoms with E-state index in [1.165, 1.54) is 6.33 Å². The molecular weight excluding hydrogens is 264 g/mol. The first-order chi connectivity index (χ1) is 9.08. The van der Waals surface area contributed by atoms with Gasteiger partial charge in [-0.25, -0.2) is 5.10 Å².